The summed E-state index contributed by atoms with van der Waals surface area (Å²) < 4.78 is 16.3. The summed E-state index contributed by atoms with van der Waals surface area (Å²) in [5.74, 6) is -0.840. The summed E-state index contributed by atoms with van der Waals surface area (Å²) in [7, 11) is -0.871. The largest absolute Gasteiger partial charge is 0.467 e. The van der Waals surface area contributed by atoms with Crippen LogP contribution in [0.5, 0.6) is 0 Å². The van der Waals surface area contributed by atoms with Crippen LogP contribution < -0.4 is 0 Å². The third kappa shape index (κ3) is 2.77. The van der Waals surface area contributed by atoms with E-state index in [1.54, 1.807) is 0 Å². The molecule has 1 aliphatic heterocycles. The minimum absolute atomic E-state index is 0.00544. The lowest BCUT2D eigenvalue weighted by Gasteiger charge is -2.42. The summed E-state index contributed by atoms with van der Waals surface area (Å²) >= 11 is 0. The summed E-state index contributed by atoms with van der Waals surface area (Å²) in [4.78, 5) is 11.8. The predicted molar refractivity (Wildman–Crippen MR) is 78.3 cm³/mol. The highest BCUT2D eigenvalue weighted by atomic mass is 28.4. The molecule has 0 amide bonds. The quantitative estimate of drug-likeness (QED) is 0.455. The summed E-state index contributed by atoms with van der Waals surface area (Å²) in [5, 5.41) is 20.6. The number of carbonyl (C=O) groups excluding carboxylic acids is 1. The Balaban J connectivity index is 2.18. The second-order valence-electron chi connectivity index (χ2n) is 7.55. The molecule has 0 aromatic heterocycles. The van der Waals surface area contributed by atoms with Crippen molar-refractivity contribution < 1.29 is 28.9 Å². The highest BCUT2D eigenvalue weighted by molar-refractivity contribution is 6.74. The number of carbonyl (C=O) groups is 1. The molecule has 1 heterocycles. The van der Waals surface area contributed by atoms with Crippen LogP contribution >= 0.6 is 0 Å². The van der Waals surface area contributed by atoms with Gasteiger partial charge in [0, 0.05) is 6.42 Å². The van der Waals surface area contributed by atoms with Gasteiger partial charge < -0.3 is 24.1 Å². The van der Waals surface area contributed by atoms with Gasteiger partial charge in [-0.2, -0.15) is 0 Å². The van der Waals surface area contributed by atoms with Gasteiger partial charge in [0.1, 0.15) is 18.3 Å². The molecule has 0 spiro atoms. The number of fused-ring (bicyclic) bond motifs is 1. The Morgan fingerprint density at radius 2 is 1.90 bits per heavy atom. The first-order valence-electron chi connectivity index (χ1n) is 7.26. The van der Waals surface area contributed by atoms with E-state index in [2.05, 4.69) is 38.6 Å². The van der Waals surface area contributed by atoms with E-state index in [-0.39, 0.29) is 17.6 Å². The lowest BCUT2D eigenvalue weighted by Crippen LogP contribution is -2.60. The average Bonchev–Trinajstić information content (AvgIpc) is 3.13. The molecule has 1 aliphatic carbocycles. The lowest BCUT2D eigenvalue weighted by molar-refractivity contribution is -0.184. The number of aliphatic hydroxyl groups excluding tert-OH is 1. The maximum absolute atomic E-state index is 11.8. The van der Waals surface area contributed by atoms with E-state index < -0.39 is 38.2 Å². The minimum atomic E-state index is -2.06. The number of hydrogen-bond acceptors (Lipinski definition) is 6. The van der Waals surface area contributed by atoms with Gasteiger partial charge in [0.25, 0.3) is 0 Å². The molecule has 5 atom stereocenters. The molecule has 2 aliphatic rings. The highest BCUT2D eigenvalue weighted by Crippen LogP contribution is 2.47. The van der Waals surface area contributed by atoms with Gasteiger partial charge in [-0.3, -0.25) is 0 Å². The zero-order chi connectivity index (χ0) is 16.2. The molecule has 2 rings (SSSR count). The van der Waals surface area contributed by atoms with E-state index in [9.17, 15) is 15.0 Å². The molecular weight excluding hydrogens is 292 g/mol. The van der Waals surface area contributed by atoms with Gasteiger partial charge in [-0.05, 0) is 18.1 Å². The highest BCUT2D eigenvalue weighted by Gasteiger charge is 2.66. The normalized spacial score (nSPS) is 39.6. The molecule has 7 heteroatoms. The maximum Gasteiger partial charge on any atom is 0.340 e. The third-order valence-corrected chi connectivity index (χ3v) is 9.54. The molecule has 2 N–H and O–H groups in total. The number of methoxy groups -OCH3 is 1. The summed E-state index contributed by atoms with van der Waals surface area (Å²) in [6, 6.07) is 0. The fourth-order valence-corrected chi connectivity index (χ4v) is 3.88. The van der Waals surface area contributed by atoms with Crippen molar-refractivity contribution in [1.82, 2.24) is 0 Å². The fraction of sp³-hybridized carbons (Fsp3) is 0.929. The van der Waals surface area contributed by atoms with Gasteiger partial charge >= 0.3 is 5.97 Å². The Hall–Kier alpha value is -0.473. The minimum Gasteiger partial charge on any atom is -0.467 e. The molecule has 122 valence electrons. The van der Waals surface area contributed by atoms with Crippen LogP contribution in [0.3, 0.4) is 0 Å². The summed E-state index contributed by atoms with van der Waals surface area (Å²) in [6.07, 6.45) is -2.48. The van der Waals surface area contributed by atoms with Crippen molar-refractivity contribution in [2.45, 2.75) is 75.3 Å². The van der Waals surface area contributed by atoms with Crippen molar-refractivity contribution in [3.8, 4) is 0 Å². The lowest BCUT2D eigenvalue weighted by atomic mass is 9.80. The van der Waals surface area contributed by atoms with Gasteiger partial charge in [0.15, 0.2) is 13.9 Å². The maximum atomic E-state index is 11.8. The van der Waals surface area contributed by atoms with Crippen molar-refractivity contribution >= 4 is 14.3 Å². The van der Waals surface area contributed by atoms with Crippen LogP contribution in [0.2, 0.25) is 18.1 Å². The van der Waals surface area contributed by atoms with Gasteiger partial charge in [0.2, 0.25) is 0 Å². The first-order valence-corrected chi connectivity index (χ1v) is 10.2. The SMILES string of the molecule is COC(=O)[C@@]1(O)C[C@@H](O[Si](C)(C)C(C)(C)C)[C@@H]2O[C@@H]2[C@@H]1O. The second kappa shape index (κ2) is 5.02. The Kier molecular flexibility index (Phi) is 4.04. The van der Waals surface area contributed by atoms with E-state index in [4.69, 9.17) is 9.16 Å². The molecule has 21 heavy (non-hydrogen) atoms. The topological polar surface area (TPSA) is 88.5 Å². The van der Waals surface area contributed by atoms with Crippen molar-refractivity contribution in [1.29, 1.82) is 0 Å². The molecule has 0 radical (unpaired) electrons. The standard InChI is InChI=1S/C14H26O6Si/c1-13(2,3)21(5,6)20-8-7-14(17,12(16)18-4)11(15)10-9(8)19-10/h8-11,15,17H,7H2,1-6H3/t8-,9+,10+,11+,14-/m1/s1. The monoisotopic (exact) mass is 318 g/mol. The van der Waals surface area contributed by atoms with Crippen LogP contribution in [0.25, 0.3) is 0 Å². The van der Waals surface area contributed by atoms with E-state index in [1.165, 1.54) is 7.11 Å². The van der Waals surface area contributed by atoms with Crippen LogP contribution in [0.1, 0.15) is 27.2 Å². The third-order valence-electron chi connectivity index (χ3n) is 5.03. The Labute approximate surface area is 126 Å². The summed E-state index contributed by atoms with van der Waals surface area (Å²) in [5.41, 5.74) is -1.96. The van der Waals surface area contributed by atoms with Gasteiger partial charge in [-0.15, -0.1) is 0 Å². The molecular formula is C14H26O6Si. The van der Waals surface area contributed by atoms with Crippen LogP contribution in [-0.2, 0) is 18.7 Å². The van der Waals surface area contributed by atoms with Gasteiger partial charge in [-0.1, -0.05) is 20.8 Å². The Bertz CT molecular complexity index is 432. The van der Waals surface area contributed by atoms with E-state index in [0.717, 1.165) is 0 Å². The van der Waals surface area contributed by atoms with E-state index in [0.29, 0.717) is 0 Å². The second-order valence-corrected chi connectivity index (χ2v) is 12.3. The molecule has 0 aromatic rings. The molecule has 1 saturated carbocycles. The number of ether oxygens (including phenoxy) is 2. The van der Waals surface area contributed by atoms with Crippen LogP contribution in [-0.4, -0.2) is 61.6 Å². The molecule has 6 nitrogen and oxygen atoms in total. The first kappa shape index (κ1) is 16.9. The Morgan fingerprint density at radius 1 is 1.33 bits per heavy atom. The predicted octanol–water partition coefficient (Wildman–Crippen LogP) is 0.813. The van der Waals surface area contributed by atoms with E-state index in [1.807, 2.05) is 0 Å². The number of aliphatic hydroxyl groups is 2. The van der Waals surface area contributed by atoms with Gasteiger partial charge in [0.05, 0.1) is 13.2 Å². The van der Waals surface area contributed by atoms with Crippen molar-refractivity contribution in [2.75, 3.05) is 7.11 Å². The zero-order valence-corrected chi connectivity index (χ0v) is 14.5. The zero-order valence-electron chi connectivity index (χ0n) is 13.5. The van der Waals surface area contributed by atoms with Crippen molar-refractivity contribution in [3.63, 3.8) is 0 Å². The van der Waals surface area contributed by atoms with Crippen LogP contribution in [0, 0.1) is 0 Å². The molecule has 1 saturated heterocycles. The summed E-state index contributed by atoms with van der Waals surface area (Å²) in [6.45, 7) is 10.6. The van der Waals surface area contributed by atoms with Crippen LogP contribution in [0.15, 0.2) is 0 Å². The molecule has 0 aromatic carbocycles. The Morgan fingerprint density at radius 3 is 2.38 bits per heavy atom. The first-order chi connectivity index (χ1) is 9.44. The number of epoxide rings is 1. The van der Waals surface area contributed by atoms with E-state index >= 15 is 0 Å². The number of esters is 1. The smallest absolute Gasteiger partial charge is 0.340 e. The van der Waals surface area contributed by atoms with Crippen molar-refractivity contribution in [2.24, 2.45) is 0 Å². The fourth-order valence-electron chi connectivity index (χ4n) is 2.55. The molecule has 0 bridgehead atoms. The molecule has 2 fully saturated rings. The number of hydrogen-bond donors (Lipinski definition) is 2. The van der Waals surface area contributed by atoms with Gasteiger partial charge in [-0.25, -0.2) is 4.79 Å². The average molecular weight is 318 g/mol. The van der Waals surface area contributed by atoms with Crippen molar-refractivity contribution in [3.05, 3.63) is 0 Å². The molecule has 0 unspecified atom stereocenters. The number of rotatable bonds is 3. The van der Waals surface area contributed by atoms with Crippen LogP contribution in [0.4, 0.5) is 0 Å².